The number of carbonyl (C=O) groups is 2. The van der Waals surface area contributed by atoms with E-state index in [2.05, 4.69) is 4.98 Å². The van der Waals surface area contributed by atoms with E-state index in [1.165, 1.54) is 6.07 Å². The number of aromatic nitrogens is 2. The first-order valence-corrected chi connectivity index (χ1v) is 6.68. The number of hydrogen-bond donors (Lipinski definition) is 2. The number of ether oxygens (including phenoxy) is 1. The molecule has 7 nitrogen and oxygen atoms in total. The average molecular weight is 291 g/mol. The van der Waals surface area contributed by atoms with Crippen LogP contribution < -0.4 is 5.73 Å². The highest BCUT2D eigenvalue weighted by molar-refractivity contribution is 6.01. The largest absolute Gasteiger partial charge is 0.478 e. The lowest BCUT2D eigenvalue weighted by Gasteiger charge is -2.10. The summed E-state index contributed by atoms with van der Waals surface area (Å²) >= 11 is 0. The number of amides is 1. The number of carboxylic acid groups (broad SMARTS) is 1. The maximum absolute atomic E-state index is 11.4. The molecular formula is C14H17N3O4. The van der Waals surface area contributed by atoms with Crippen molar-refractivity contribution in [2.24, 2.45) is 5.73 Å². The topological polar surface area (TPSA) is 107 Å². The van der Waals surface area contributed by atoms with Crippen LogP contribution in [0.25, 0.3) is 11.0 Å². The average Bonchev–Trinajstić information content (AvgIpc) is 2.76. The summed E-state index contributed by atoms with van der Waals surface area (Å²) in [5.74, 6) is -0.241. The number of benzene rings is 1. The van der Waals surface area contributed by atoms with E-state index in [1.807, 2.05) is 6.92 Å². The molecule has 0 saturated carbocycles. The fraction of sp³-hybridized carbons (Fsp3) is 0.357. The summed E-state index contributed by atoms with van der Waals surface area (Å²) in [6.45, 7) is 2.41. The van der Waals surface area contributed by atoms with Gasteiger partial charge >= 0.3 is 12.1 Å². The van der Waals surface area contributed by atoms with E-state index < -0.39 is 12.1 Å². The van der Waals surface area contributed by atoms with Crippen molar-refractivity contribution in [3.8, 4) is 0 Å². The molecule has 2 aromatic rings. The zero-order chi connectivity index (χ0) is 15.4. The summed E-state index contributed by atoms with van der Waals surface area (Å²) in [6.07, 6.45) is 0.738. The Labute approximate surface area is 121 Å². The van der Waals surface area contributed by atoms with E-state index in [1.54, 1.807) is 16.7 Å². The number of rotatable bonds is 6. The minimum absolute atomic E-state index is 0.0749. The van der Waals surface area contributed by atoms with Gasteiger partial charge in [-0.1, -0.05) is 13.0 Å². The lowest BCUT2D eigenvalue weighted by atomic mass is 10.2. The van der Waals surface area contributed by atoms with Crippen LogP contribution in [0.1, 0.15) is 29.5 Å². The summed E-state index contributed by atoms with van der Waals surface area (Å²) < 4.78 is 6.52. The van der Waals surface area contributed by atoms with E-state index in [0.29, 0.717) is 24.0 Å². The molecule has 3 N–H and O–H groups in total. The molecule has 1 aromatic carbocycles. The maximum atomic E-state index is 11.4. The second kappa shape index (κ2) is 6.25. The lowest BCUT2D eigenvalue weighted by molar-refractivity contribution is 0.0698. The predicted octanol–water partition coefficient (Wildman–Crippen LogP) is 1.78. The zero-order valence-electron chi connectivity index (χ0n) is 11.7. The van der Waals surface area contributed by atoms with Gasteiger partial charge in [-0.25, -0.2) is 14.6 Å². The second-order valence-corrected chi connectivity index (χ2v) is 4.58. The number of nitrogens with zero attached hydrogens (tertiary/aromatic N) is 2. The van der Waals surface area contributed by atoms with E-state index in [9.17, 15) is 14.7 Å². The van der Waals surface area contributed by atoms with Gasteiger partial charge in [-0.2, -0.15) is 0 Å². The standard InChI is InChI=1S/C14H17N3O4/c1-2-4-11-16-10-6-3-5-9(13(18)19)12(10)17(11)7-8-21-14(15)20/h3,5-6H,2,4,7-8H2,1H3,(H2,15,20)(H,18,19). The quantitative estimate of drug-likeness (QED) is 0.843. The third kappa shape index (κ3) is 3.13. The molecule has 1 aromatic heterocycles. The first-order chi connectivity index (χ1) is 10.0. The molecule has 0 saturated heterocycles. The Morgan fingerprint density at radius 1 is 1.43 bits per heavy atom. The van der Waals surface area contributed by atoms with Gasteiger partial charge in [0, 0.05) is 6.42 Å². The van der Waals surface area contributed by atoms with Gasteiger partial charge in [0.15, 0.2) is 0 Å². The van der Waals surface area contributed by atoms with E-state index in [4.69, 9.17) is 10.5 Å². The molecule has 7 heteroatoms. The molecule has 1 heterocycles. The van der Waals surface area contributed by atoms with Crippen LogP contribution in [-0.2, 0) is 17.7 Å². The molecule has 0 atom stereocenters. The Morgan fingerprint density at radius 3 is 2.81 bits per heavy atom. The molecule has 1 amide bonds. The molecule has 0 bridgehead atoms. The number of hydrogen-bond acceptors (Lipinski definition) is 4. The van der Waals surface area contributed by atoms with Crippen LogP contribution in [0.4, 0.5) is 4.79 Å². The van der Waals surface area contributed by atoms with Crippen molar-refractivity contribution < 1.29 is 19.4 Å². The number of nitrogens with two attached hydrogens (primary N) is 1. The van der Waals surface area contributed by atoms with Gasteiger partial charge in [0.05, 0.1) is 23.1 Å². The summed E-state index contributed by atoms with van der Waals surface area (Å²) in [6, 6.07) is 4.97. The molecule has 0 unspecified atom stereocenters. The highest BCUT2D eigenvalue weighted by Crippen LogP contribution is 2.21. The molecule has 0 radical (unpaired) electrons. The number of imidazole rings is 1. The Bertz CT molecular complexity index is 678. The normalized spacial score (nSPS) is 10.7. The Hall–Kier alpha value is -2.57. The second-order valence-electron chi connectivity index (χ2n) is 4.58. The predicted molar refractivity (Wildman–Crippen MR) is 76.2 cm³/mol. The van der Waals surface area contributed by atoms with Gasteiger partial charge in [-0.05, 0) is 18.6 Å². The fourth-order valence-corrected chi connectivity index (χ4v) is 2.30. The van der Waals surface area contributed by atoms with Crippen molar-refractivity contribution in [1.29, 1.82) is 0 Å². The minimum Gasteiger partial charge on any atom is -0.478 e. The maximum Gasteiger partial charge on any atom is 0.404 e. The molecule has 0 aliphatic heterocycles. The van der Waals surface area contributed by atoms with Crippen LogP contribution >= 0.6 is 0 Å². The number of carbonyl (C=O) groups excluding carboxylic acids is 1. The summed E-state index contributed by atoms with van der Waals surface area (Å²) in [4.78, 5) is 26.5. The van der Waals surface area contributed by atoms with Crippen LogP contribution in [0, 0.1) is 0 Å². The monoisotopic (exact) mass is 291 g/mol. The zero-order valence-corrected chi connectivity index (χ0v) is 11.7. The Balaban J connectivity index is 2.48. The van der Waals surface area contributed by atoms with Gasteiger partial charge in [-0.15, -0.1) is 0 Å². The number of aromatic carboxylic acids is 1. The lowest BCUT2D eigenvalue weighted by Crippen LogP contribution is -2.18. The van der Waals surface area contributed by atoms with Crippen molar-refractivity contribution in [2.75, 3.05) is 6.61 Å². The summed E-state index contributed by atoms with van der Waals surface area (Å²) in [5, 5.41) is 9.31. The van der Waals surface area contributed by atoms with Crippen LogP contribution in [0.2, 0.25) is 0 Å². The van der Waals surface area contributed by atoms with Gasteiger partial charge < -0.3 is 20.1 Å². The number of carboxylic acids is 1. The first-order valence-electron chi connectivity index (χ1n) is 6.68. The van der Waals surface area contributed by atoms with Gasteiger partial charge in [0.1, 0.15) is 12.4 Å². The molecule has 0 spiro atoms. The smallest absolute Gasteiger partial charge is 0.404 e. The van der Waals surface area contributed by atoms with Gasteiger partial charge in [0.2, 0.25) is 0 Å². The fourth-order valence-electron chi connectivity index (χ4n) is 2.30. The molecule has 112 valence electrons. The summed E-state index contributed by atoms with van der Waals surface area (Å²) in [5.41, 5.74) is 6.29. The summed E-state index contributed by atoms with van der Waals surface area (Å²) in [7, 11) is 0. The molecular weight excluding hydrogens is 274 g/mol. The van der Waals surface area contributed by atoms with Gasteiger partial charge in [-0.3, -0.25) is 0 Å². The SMILES string of the molecule is CCCc1nc2cccc(C(=O)O)c2n1CCOC(N)=O. The van der Waals surface area contributed by atoms with Crippen molar-refractivity contribution >= 4 is 23.1 Å². The van der Waals surface area contributed by atoms with E-state index in [0.717, 1.165) is 12.2 Å². The van der Waals surface area contributed by atoms with Gasteiger partial charge in [0.25, 0.3) is 0 Å². The van der Waals surface area contributed by atoms with Crippen molar-refractivity contribution in [2.45, 2.75) is 26.3 Å². The van der Waals surface area contributed by atoms with Crippen molar-refractivity contribution in [3.63, 3.8) is 0 Å². The van der Waals surface area contributed by atoms with Crippen LogP contribution in [-0.4, -0.2) is 33.3 Å². The first kappa shape index (κ1) is 14.8. The molecule has 2 rings (SSSR count). The third-order valence-electron chi connectivity index (χ3n) is 3.11. The van der Waals surface area contributed by atoms with E-state index in [-0.39, 0.29) is 12.2 Å². The van der Waals surface area contributed by atoms with Crippen LogP contribution in [0.15, 0.2) is 18.2 Å². The molecule has 0 aliphatic carbocycles. The number of para-hydroxylation sites is 1. The molecule has 0 fully saturated rings. The number of aryl methyl sites for hydroxylation is 1. The van der Waals surface area contributed by atoms with Crippen LogP contribution in [0.5, 0.6) is 0 Å². The number of fused-ring (bicyclic) bond motifs is 1. The van der Waals surface area contributed by atoms with Crippen molar-refractivity contribution in [1.82, 2.24) is 9.55 Å². The molecule has 21 heavy (non-hydrogen) atoms. The minimum atomic E-state index is -1.01. The number of primary amides is 1. The highest BCUT2D eigenvalue weighted by Gasteiger charge is 2.17. The third-order valence-corrected chi connectivity index (χ3v) is 3.11. The highest BCUT2D eigenvalue weighted by atomic mass is 16.5. The van der Waals surface area contributed by atoms with E-state index >= 15 is 0 Å². The van der Waals surface area contributed by atoms with Crippen LogP contribution in [0.3, 0.4) is 0 Å². The Morgan fingerprint density at radius 2 is 2.19 bits per heavy atom. The Kier molecular flexibility index (Phi) is 4.42. The molecule has 0 aliphatic rings. The van der Waals surface area contributed by atoms with Crippen molar-refractivity contribution in [3.05, 3.63) is 29.6 Å².